The van der Waals surface area contributed by atoms with Crippen molar-refractivity contribution in [3.8, 4) is 0 Å². The monoisotopic (exact) mass is 291 g/mol. The van der Waals surface area contributed by atoms with Gasteiger partial charge in [-0.25, -0.2) is 17.2 Å². The average Bonchev–Trinajstić information content (AvgIpc) is 2.61. The molecule has 1 unspecified atom stereocenters. The molecule has 0 amide bonds. The molecule has 1 aliphatic rings. The Morgan fingerprint density at radius 1 is 1.37 bits per heavy atom. The Kier molecular flexibility index (Phi) is 4.49. The average molecular weight is 291 g/mol. The van der Waals surface area contributed by atoms with Crippen LogP contribution in [0.3, 0.4) is 0 Å². The highest BCUT2D eigenvalue weighted by molar-refractivity contribution is 7.91. The second-order valence-corrected chi connectivity index (χ2v) is 6.29. The van der Waals surface area contributed by atoms with Crippen LogP contribution in [0, 0.1) is 0 Å². The Bertz CT molecular complexity index is 534. The Morgan fingerprint density at radius 3 is 2.84 bits per heavy atom. The zero-order valence-electron chi connectivity index (χ0n) is 10.2. The number of hydrogen-bond acceptors (Lipinski definition) is 4. The van der Waals surface area contributed by atoms with E-state index in [9.17, 15) is 17.2 Å². The first-order chi connectivity index (χ1) is 9.00. The maximum absolute atomic E-state index is 11.9. The van der Waals surface area contributed by atoms with E-state index >= 15 is 0 Å². The molecule has 0 saturated heterocycles. The minimum atomic E-state index is -3.23. The first-order valence-corrected chi connectivity index (χ1v) is 7.57. The SMILES string of the molecule is O=S1(=O)CC(NCCOCC(F)F)c2ccccc21. The largest absolute Gasteiger partial charge is 0.374 e. The summed E-state index contributed by atoms with van der Waals surface area (Å²) in [4.78, 5) is 0.348. The number of rotatable bonds is 6. The molecular formula is C12H15F2NO3S. The molecule has 4 nitrogen and oxygen atoms in total. The normalized spacial score (nSPS) is 20.7. The zero-order valence-corrected chi connectivity index (χ0v) is 11.0. The number of fused-ring (bicyclic) bond motifs is 1. The Balaban J connectivity index is 1.90. The minimum absolute atomic E-state index is 0.00118. The zero-order chi connectivity index (χ0) is 13.9. The molecule has 1 heterocycles. The first kappa shape index (κ1) is 14.4. The van der Waals surface area contributed by atoms with Crippen molar-refractivity contribution in [2.24, 2.45) is 0 Å². The molecule has 0 spiro atoms. The lowest BCUT2D eigenvalue weighted by Crippen LogP contribution is -2.27. The molecule has 0 saturated carbocycles. The second kappa shape index (κ2) is 5.94. The molecule has 1 aliphatic heterocycles. The van der Waals surface area contributed by atoms with Crippen LogP contribution in [0.15, 0.2) is 29.2 Å². The summed E-state index contributed by atoms with van der Waals surface area (Å²) in [7, 11) is -3.23. The summed E-state index contributed by atoms with van der Waals surface area (Å²) in [6, 6.07) is 6.51. The van der Waals surface area contributed by atoms with Gasteiger partial charge in [0.25, 0.3) is 6.43 Å². The van der Waals surface area contributed by atoms with E-state index in [4.69, 9.17) is 4.74 Å². The highest BCUT2D eigenvalue weighted by atomic mass is 32.2. The van der Waals surface area contributed by atoms with Crippen molar-refractivity contribution < 1.29 is 21.9 Å². The van der Waals surface area contributed by atoms with Crippen LogP contribution in [-0.4, -0.2) is 40.4 Å². The summed E-state index contributed by atoms with van der Waals surface area (Å²) in [5, 5.41) is 3.02. The van der Waals surface area contributed by atoms with Crippen molar-refractivity contribution in [1.29, 1.82) is 0 Å². The number of sulfone groups is 1. The standard InChI is InChI=1S/C12H15F2NO3S/c13-12(14)7-18-6-5-15-10-8-19(16,17)11-4-2-1-3-9(10)11/h1-4,10,12,15H,5-8H2. The third kappa shape index (κ3) is 3.49. The smallest absolute Gasteiger partial charge is 0.261 e. The highest BCUT2D eigenvalue weighted by Gasteiger charge is 2.33. The number of alkyl halides is 2. The Hall–Kier alpha value is -1.05. The highest BCUT2D eigenvalue weighted by Crippen LogP contribution is 2.32. The van der Waals surface area contributed by atoms with E-state index in [1.165, 1.54) is 0 Å². The summed E-state index contributed by atoms with van der Waals surface area (Å²) >= 11 is 0. The molecule has 1 N–H and O–H groups in total. The van der Waals surface area contributed by atoms with E-state index in [1.807, 2.05) is 0 Å². The lowest BCUT2D eigenvalue weighted by atomic mass is 10.1. The molecule has 1 atom stereocenters. The van der Waals surface area contributed by atoms with Gasteiger partial charge < -0.3 is 10.1 Å². The van der Waals surface area contributed by atoms with Crippen LogP contribution in [0.25, 0.3) is 0 Å². The van der Waals surface area contributed by atoms with Crippen LogP contribution in [0.5, 0.6) is 0 Å². The van der Waals surface area contributed by atoms with Gasteiger partial charge in [0.1, 0.15) is 6.61 Å². The third-order valence-electron chi connectivity index (χ3n) is 2.90. The molecule has 7 heteroatoms. The maximum Gasteiger partial charge on any atom is 0.261 e. The van der Waals surface area contributed by atoms with Gasteiger partial charge in [-0.05, 0) is 11.6 Å². The summed E-state index contributed by atoms with van der Waals surface area (Å²) in [6.07, 6.45) is -2.48. The van der Waals surface area contributed by atoms with Crippen molar-refractivity contribution in [3.63, 3.8) is 0 Å². The van der Waals surface area contributed by atoms with Crippen LogP contribution in [0.4, 0.5) is 8.78 Å². The van der Waals surface area contributed by atoms with E-state index in [0.717, 1.165) is 5.56 Å². The summed E-state index contributed by atoms with van der Waals surface area (Å²) < 4.78 is 52.1. The Morgan fingerprint density at radius 2 is 2.11 bits per heavy atom. The van der Waals surface area contributed by atoms with Crippen molar-refractivity contribution in [2.45, 2.75) is 17.4 Å². The van der Waals surface area contributed by atoms with Gasteiger partial charge in [-0.2, -0.15) is 0 Å². The van der Waals surface area contributed by atoms with E-state index in [2.05, 4.69) is 5.32 Å². The van der Waals surface area contributed by atoms with Crippen molar-refractivity contribution >= 4 is 9.84 Å². The molecule has 0 aromatic heterocycles. The fraction of sp³-hybridized carbons (Fsp3) is 0.500. The van der Waals surface area contributed by atoms with Crippen molar-refractivity contribution in [3.05, 3.63) is 29.8 Å². The number of nitrogens with one attached hydrogen (secondary N) is 1. The molecule has 0 fully saturated rings. The number of ether oxygens (including phenoxy) is 1. The minimum Gasteiger partial charge on any atom is -0.374 e. The molecule has 0 aliphatic carbocycles. The second-order valence-electron chi connectivity index (χ2n) is 4.29. The van der Waals surface area contributed by atoms with Gasteiger partial charge >= 0.3 is 0 Å². The van der Waals surface area contributed by atoms with E-state index in [1.54, 1.807) is 24.3 Å². The van der Waals surface area contributed by atoms with E-state index in [0.29, 0.717) is 11.4 Å². The van der Waals surface area contributed by atoms with E-state index in [-0.39, 0.29) is 18.4 Å². The van der Waals surface area contributed by atoms with Gasteiger partial charge in [0.05, 0.1) is 17.3 Å². The van der Waals surface area contributed by atoms with Crippen LogP contribution in [0.1, 0.15) is 11.6 Å². The molecule has 19 heavy (non-hydrogen) atoms. The van der Waals surface area contributed by atoms with Crippen LogP contribution >= 0.6 is 0 Å². The first-order valence-electron chi connectivity index (χ1n) is 5.91. The predicted octanol–water partition coefficient (Wildman–Crippen LogP) is 1.39. The quantitative estimate of drug-likeness (QED) is 0.805. The van der Waals surface area contributed by atoms with Crippen LogP contribution in [0.2, 0.25) is 0 Å². The molecule has 0 radical (unpaired) electrons. The van der Waals surface area contributed by atoms with Crippen molar-refractivity contribution in [1.82, 2.24) is 5.32 Å². The fourth-order valence-corrected chi connectivity index (χ4v) is 3.87. The topological polar surface area (TPSA) is 55.4 Å². The van der Waals surface area contributed by atoms with Gasteiger partial charge in [0.2, 0.25) is 0 Å². The van der Waals surface area contributed by atoms with Crippen molar-refractivity contribution in [2.75, 3.05) is 25.5 Å². The predicted molar refractivity (Wildman–Crippen MR) is 66.1 cm³/mol. The summed E-state index contributed by atoms with van der Waals surface area (Å²) in [5.41, 5.74) is 0.733. The summed E-state index contributed by atoms with van der Waals surface area (Å²) in [6.45, 7) is -0.133. The van der Waals surface area contributed by atoms with Gasteiger partial charge in [0.15, 0.2) is 9.84 Å². The molecular weight excluding hydrogens is 276 g/mol. The van der Waals surface area contributed by atoms with E-state index < -0.39 is 22.9 Å². The van der Waals surface area contributed by atoms with Gasteiger partial charge in [-0.1, -0.05) is 18.2 Å². The van der Waals surface area contributed by atoms with Crippen LogP contribution in [-0.2, 0) is 14.6 Å². The third-order valence-corrected chi connectivity index (χ3v) is 4.71. The number of benzene rings is 1. The van der Waals surface area contributed by atoms with Crippen LogP contribution < -0.4 is 5.32 Å². The number of hydrogen-bond donors (Lipinski definition) is 1. The fourth-order valence-electron chi connectivity index (χ4n) is 2.10. The lowest BCUT2D eigenvalue weighted by molar-refractivity contribution is 0.0183. The Labute approximate surface area is 110 Å². The van der Waals surface area contributed by atoms with Gasteiger partial charge in [-0.3, -0.25) is 0 Å². The lowest BCUT2D eigenvalue weighted by Gasteiger charge is -2.12. The molecule has 1 aromatic carbocycles. The van der Waals surface area contributed by atoms with Gasteiger partial charge in [-0.15, -0.1) is 0 Å². The molecule has 1 aromatic rings. The maximum atomic E-state index is 11.9. The molecule has 2 rings (SSSR count). The van der Waals surface area contributed by atoms with Gasteiger partial charge in [0, 0.05) is 12.6 Å². The molecule has 0 bridgehead atoms. The number of halogens is 2. The summed E-state index contributed by atoms with van der Waals surface area (Å²) in [5.74, 6) is 0.00118. The molecule has 106 valence electrons.